The topological polar surface area (TPSA) is 62.7 Å². The van der Waals surface area contributed by atoms with Crippen LogP contribution in [0.1, 0.15) is 37.7 Å². The minimum Gasteiger partial charge on any atom is -0.497 e. The average Bonchev–Trinajstić information content (AvgIpc) is 2.89. The van der Waals surface area contributed by atoms with E-state index in [2.05, 4.69) is 16.0 Å². The van der Waals surface area contributed by atoms with Crippen molar-refractivity contribution in [3.05, 3.63) is 65.9 Å². The molecular formula is C29H34F2N2O3S. The van der Waals surface area contributed by atoms with Crippen LogP contribution in [0.15, 0.2) is 53.6 Å². The zero-order valence-electron chi connectivity index (χ0n) is 21.2. The van der Waals surface area contributed by atoms with E-state index in [1.54, 1.807) is 7.11 Å². The lowest BCUT2D eigenvalue weighted by atomic mass is 9.80. The molecule has 1 fully saturated rings. The van der Waals surface area contributed by atoms with Gasteiger partial charge in [0.2, 0.25) is 0 Å². The molecule has 2 aromatic carbocycles. The second kappa shape index (κ2) is 13.2. The van der Waals surface area contributed by atoms with Crippen LogP contribution in [0.5, 0.6) is 5.75 Å². The van der Waals surface area contributed by atoms with Crippen LogP contribution < -0.4 is 4.74 Å². The summed E-state index contributed by atoms with van der Waals surface area (Å²) in [6, 6.07) is 11.5. The Balaban J connectivity index is 1.27. The van der Waals surface area contributed by atoms with Crippen molar-refractivity contribution < 1.29 is 23.4 Å². The third-order valence-corrected chi connectivity index (χ3v) is 8.36. The van der Waals surface area contributed by atoms with E-state index in [0.717, 1.165) is 80.5 Å². The highest BCUT2D eigenvalue weighted by Crippen LogP contribution is 2.32. The number of pyridine rings is 1. The van der Waals surface area contributed by atoms with E-state index in [1.165, 1.54) is 23.4 Å². The Morgan fingerprint density at radius 1 is 1.16 bits per heavy atom. The predicted octanol–water partition coefficient (Wildman–Crippen LogP) is 6.44. The van der Waals surface area contributed by atoms with Crippen LogP contribution in [-0.2, 0) is 11.2 Å². The highest BCUT2D eigenvalue weighted by atomic mass is 32.2. The number of halogens is 2. The van der Waals surface area contributed by atoms with Gasteiger partial charge in [0.05, 0.1) is 12.6 Å². The summed E-state index contributed by atoms with van der Waals surface area (Å²) >= 11 is 1.33. The summed E-state index contributed by atoms with van der Waals surface area (Å²) in [5.74, 6) is 0.428. The Morgan fingerprint density at radius 3 is 2.84 bits per heavy atom. The van der Waals surface area contributed by atoms with Gasteiger partial charge in [-0.2, -0.15) is 0 Å². The highest BCUT2D eigenvalue weighted by Gasteiger charge is 2.30. The minimum absolute atomic E-state index is 0.119. The zero-order chi connectivity index (χ0) is 26.2. The van der Waals surface area contributed by atoms with Gasteiger partial charge >= 0.3 is 5.97 Å². The molecule has 2 atom stereocenters. The first-order valence-electron chi connectivity index (χ1n) is 12.9. The Hall–Kier alpha value is -2.71. The molecule has 0 amide bonds. The second-order valence-electron chi connectivity index (χ2n) is 9.73. The number of carboxylic acid groups (broad SMARTS) is 1. The molecule has 8 heteroatoms. The number of likely N-dealkylation sites (tertiary alicyclic amines) is 1. The molecule has 4 rings (SSSR count). The third kappa shape index (κ3) is 7.65. The number of piperidine rings is 1. The maximum atomic E-state index is 13.8. The van der Waals surface area contributed by atoms with Gasteiger partial charge in [0.25, 0.3) is 0 Å². The van der Waals surface area contributed by atoms with Gasteiger partial charge in [0.15, 0.2) is 0 Å². The average molecular weight is 529 g/mol. The number of aryl methyl sites for hydroxylation is 1. The maximum Gasteiger partial charge on any atom is 0.303 e. The number of fused-ring (bicyclic) bond motifs is 1. The summed E-state index contributed by atoms with van der Waals surface area (Å²) in [4.78, 5) is 18.7. The van der Waals surface area contributed by atoms with Crippen molar-refractivity contribution in [3.63, 3.8) is 0 Å². The number of ether oxygens (including phenoxy) is 1. The van der Waals surface area contributed by atoms with E-state index in [1.807, 2.05) is 24.4 Å². The summed E-state index contributed by atoms with van der Waals surface area (Å²) in [6.07, 6.45) is 6.75. The van der Waals surface area contributed by atoms with E-state index in [-0.39, 0.29) is 12.3 Å². The van der Waals surface area contributed by atoms with Gasteiger partial charge in [-0.25, -0.2) is 8.78 Å². The first-order chi connectivity index (χ1) is 17.9. The monoisotopic (exact) mass is 528 g/mol. The molecule has 1 saturated heterocycles. The Morgan fingerprint density at radius 2 is 2.03 bits per heavy atom. The normalized spacial score (nSPS) is 18.2. The van der Waals surface area contributed by atoms with Crippen LogP contribution in [0.3, 0.4) is 0 Å². The Kier molecular flexibility index (Phi) is 9.75. The molecule has 1 aliphatic heterocycles. The highest BCUT2D eigenvalue weighted by molar-refractivity contribution is 7.99. The fraction of sp³-hybridized carbons (Fsp3) is 0.448. The van der Waals surface area contributed by atoms with Crippen molar-refractivity contribution in [2.24, 2.45) is 11.8 Å². The molecule has 1 aromatic heterocycles. The van der Waals surface area contributed by atoms with Crippen molar-refractivity contribution in [3.8, 4) is 5.75 Å². The molecule has 3 aromatic rings. The van der Waals surface area contributed by atoms with Crippen LogP contribution >= 0.6 is 11.8 Å². The number of thioether (sulfide) groups is 1. The summed E-state index contributed by atoms with van der Waals surface area (Å²) in [5.41, 5.74) is 2.19. The van der Waals surface area contributed by atoms with Crippen molar-refractivity contribution in [1.29, 1.82) is 0 Å². The van der Waals surface area contributed by atoms with Crippen LogP contribution in [0.2, 0.25) is 0 Å². The number of benzene rings is 2. The van der Waals surface area contributed by atoms with Crippen molar-refractivity contribution in [2.75, 3.05) is 32.5 Å². The van der Waals surface area contributed by atoms with Gasteiger partial charge in [-0.15, -0.1) is 11.8 Å². The molecular weight excluding hydrogens is 494 g/mol. The first-order valence-corrected chi connectivity index (χ1v) is 13.8. The Labute approximate surface area is 221 Å². The first kappa shape index (κ1) is 27.3. The second-order valence-corrected chi connectivity index (χ2v) is 10.9. The standard InChI is InChI=1S/C29H34F2N2O3S/c1-36-24-7-9-27-25(18-24)21(10-12-32-27)5-2-4-20-11-14-33(19-22(20)16-29(34)35)13-3-15-37-28-17-23(30)6-8-26(28)31/h6-10,12,17-18,20,22H,2-5,11,13-16,19H2,1H3,(H,34,35)/t20-,22+/m1/s1. The van der Waals surface area contributed by atoms with E-state index in [9.17, 15) is 18.7 Å². The van der Waals surface area contributed by atoms with E-state index in [0.29, 0.717) is 16.6 Å². The van der Waals surface area contributed by atoms with E-state index < -0.39 is 17.6 Å². The van der Waals surface area contributed by atoms with Crippen molar-refractivity contribution >= 4 is 28.6 Å². The van der Waals surface area contributed by atoms with Crippen LogP contribution in [0.25, 0.3) is 10.9 Å². The lowest BCUT2D eigenvalue weighted by Crippen LogP contribution is -2.41. The van der Waals surface area contributed by atoms with Gasteiger partial charge < -0.3 is 14.7 Å². The number of carboxylic acids is 1. The third-order valence-electron chi connectivity index (χ3n) is 7.24. The molecule has 2 heterocycles. The van der Waals surface area contributed by atoms with Crippen molar-refractivity contribution in [2.45, 2.75) is 43.4 Å². The van der Waals surface area contributed by atoms with Gasteiger partial charge in [0, 0.05) is 29.4 Å². The molecule has 0 radical (unpaired) electrons. The quantitative estimate of drug-likeness (QED) is 0.216. The molecule has 0 unspecified atom stereocenters. The molecule has 0 bridgehead atoms. The maximum absolute atomic E-state index is 13.8. The van der Waals surface area contributed by atoms with Crippen LogP contribution in [0.4, 0.5) is 8.78 Å². The number of hydrogen-bond donors (Lipinski definition) is 1. The molecule has 37 heavy (non-hydrogen) atoms. The SMILES string of the molecule is COc1ccc2nccc(CCC[C@@H]3CCN(CCCSc4cc(F)ccc4F)C[C@@H]3CC(=O)O)c2c1. The predicted molar refractivity (Wildman–Crippen MR) is 143 cm³/mol. The summed E-state index contributed by atoms with van der Waals surface area (Å²) in [6.45, 7) is 2.54. The van der Waals surface area contributed by atoms with E-state index in [4.69, 9.17) is 4.74 Å². The number of methoxy groups -OCH3 is 1. The fourth-order valence-electron chi connectivity index (χ4n) is 5.33. The lowest BCUT2D eigenvalue weighted by Gasteiger charge is -2.38. The molecule has 198 valence electrons. The summed E-state index contributed by atoms with van der Waals surface area (Å²) in [7, 11) is 1.66. The molecule has 0 aliphatic carbocycles. The number of aliphatic carboxylic acids is 1. The molecule has 5 nitrogen and oxygen atoms in total. The number of hydrogen-bond acceptors (Lipinski definition) is 5. The molecule has 1 aliphatic rings. The van der Waals surface area contributed by atoms with E-state index >= 15 is 0 Å². The minimum atomic E-state index is -0.749. The van der Waals surface area contributed by atoms with Crippen LogP contribution in [0, 0.1) is 23.5 Å². The largest absolute Gasteiger partial charge is 0.497 e. The lowest BCUT2D eigenvalue weighted by molar-refractivity contribution is -0.139. The number of aromatic nitrogens is 1. The van der Waals surface area contributed by atoms with Crippen molar-refractivity contribution in [1.82, 2.24) is 9.88 Å². The summed E-state index contributed by atoms with van der Waals surface area (Å²) < 4.78 is 32.6. The smallest absolute Gasteiger partial charge is 0.303 e. The molecule has 1 N–H and O–H groups in total. The zero-order valence-corrected chi connectivity index (χ0v) is 22.0. The van der Waals surface area contributed by atoms with Gasteiger partial charge in [-0.3, -0.25) is 9.78 Å². The fourth-order valence-corrected chi connectivity index (χ4v) is 6.23. The van der Waals surface area contributed by atoms with Gasteiger partial charge in [-0.1, -0.05) is 0 Å². The number of rotatable bonds is 12. The van der Waals surface area contributed by atoms with Gasteiger partial charge in [0.1, 0.15) is 17.4 Å². The summed E-state index contributed by atoms with van der Waals surface area (Å²) in [5, 5.41) is 10.6. The van der Waals surface area contributed by atoms with Gasteiger partial charge in [-0.05, 0) is 111 Å². The molecule has 0 spiro atoms. The number of carbonyl (C=O) groups is 1. The Bertz CT molecular complexity index is 1210. The number of nitrogens with zero attached hydrogens (tertiary/aromatic N) is 2. The van der Waals surface area contributed by atoms with Crippen LogP contribution in [-0.4, -0.2) is 53.5 Å². The molecule has 0 saturated carbocycles.